The number of fused-ring (bicyclic) bond motifs is 1. The molecule has 0 bridgehead atoms. The number of methoxy groups -OCH3 is 1. The second-order valence-corrected chi connectivity index (χ2v) is 8.76. The molecule has 1 aliphatic heterocycles. The number of ether oxygens (including phenoxy) is 2. The summed E-state index contributed by atoms with van der Waals surface area (Å²) in [4.78, 5) is 15.6. The van der Waals surface area contributed by atoms with Crippen molar-refractivity contribution in [3.8, 4) is 5.75 Å². The fraction of sp³-hybridized carbons (Fsp3) is 0.286. The summed E-state index contributed by atoms with van der Waals surface area (Å²) in [7, 11) is -2.29. The number of rotatable bonds is 7. The molecule has 1 amide bonds. The van der Waals surface area contributed by atoms with Crippen LogP contribution in [-0.2, 0) is 14.8 Å². The third kappa shape index (κ3) is 4.27. The maximum absolute atomic E-state index is 12.8. The normalized spacial score (nSPS) is 16.5. The van der Waals surface area contributed by atoms with E-state index in [-0.39, 0.29) is 16.9 Å². The molecule has 158 valence electrons. The highest BCUT2D eigenvalue weighted by atomic mass is 32.2. The molecule has 0 aliphatic carbocycles. The van der Waals surface area contributed by atoms with Crippen LogP contribution in [0.5, 0.6) is 5.75 Å². The van der Waals surface area contributed by atoms with E-state index in [1.165, 1.54) is 19.2 Å². The van der Waals surface area contributed by atoms with E-state index >= 15 is 0 Å². The van der Waals surface area contributed by atoms with Gasteiger partial charge in [0.25, 0.3) is 15.9 Å². The van der Waals surface area contributed by atoms with Gasteiger partial charge in [0, 0.05) is 18.5 Å². The molecule has 1 fully saturated rings. The van der Waals surface area contributed by atoms with Crippen LogP contribution in [-0.4, -0.2) is 45.7 Å². The fourth-order valence-corrected chi connectivity index (χ4v) is 4.50. The minimum absolute atomic E-state index is 0.0465. The van der Waals surface area contributed by atoms with Gasteiger partial charge in [-0.3, -0.25) is 9.52 Å². The number of H-pyrrole nitrogens is 1. The molecule has 8 nitrogen and oxygen atoms in total. The fourth-order valence-electron chi connectivity index (χ4n) is 3.43. The Hall–Kier alpha value is -3.04. The largest absolute Gasteiger partial charge is 0.497 e. The Morgan fingerprint density at radius 3 is 2.73 bits per heavy atom. The third-order valence-corrected chi connectivity index (χ3v) is 6.41. The van der Waals surface area contributed by atoms with Crippen molar-refractivity contribution in [1.29, 1.82) is 0 Å². The van der Waals surface area contributed by atoms with Crippen molar-refractivity contribution in [1.82, 2.24) is 10.3 Å². The van der Waals surface area contributed by atoms with E-state index in [9.17, 15) is 13.2 Å². The lowest BCUT2D eigenvalue weighted by Gasteiger charge is -2.10. The first kappa shape index (κ1) is 20.2. The molecule has 1 aliphatic rings. The van der Waals surface area contributed by atoms with Gasteiger partial charge in [-0.05, 0) is 49.2 Å². The predicted molar refractivity (Wildman–Crippen MR) is 113 cm³/mol. The highest BCUT2D eigenvalue weighted by Gasteiger charge is 2.19. The second kappa shape index (κ2) is 8.37. The maximum Gasteiger partial charge on any atom is 0.267 e. The summed E-state index contributed by atoms with van der Waals surface area (Å²) in [6.45, 7) is 1.18. The summed E-state index contributed by atoms with van der Waals surface area (Å²) < 4.78 is 38.7. The van der Waals surface area contributed by atoms with Gasteiger partial charge < -0.3 is 19.8 Å². The van der Waals surface area contributed by atoms with Crippen molar-refractivity contribution < 1.29 is 22.7 Å². The van der Waals surface area contributed by atoms with Crippen LogP contribution >= 0.6 is 0 Å². The highest BCUT2D eigenvalue weighted by molar-refractivity contribution is 7.92. The average Bonchev–Trinajstić information content (AvgIpc) is 3.42. The molecule has 2 heterocycles. The number of para-hydroxylation sites is 1. The Morgan fingerprint density at radius 1 is 1.23 bits per heavy atom. The van der Waals surface area contributed by atoms with Gasteiger partial charge in [-0.15, -0.1) is 0 Å². The summed E-state index contributed by atoms with van der Waals surface area (Å²) in [5, 5.41) is 3.59. The van der Waals surface area contributed by atoms with E-state index in [1.807, 2.05) is 6.07 Å². The number of hydrogen-bond donors (Lipinski definition) is 3. The Balaban J connectivity index is 1.54. The van der Waals surface area contributed by atoms with Crippen LogP contribution in [0, 0.1) is 0 Å². The zero-order valence-electron chi connectivity index (χ0n) is 16.5. The number of sulfonamides is 1. The Labute approximate surface area is 174 Å². The van der Waals surface area contributed by atoms with Crippen LogP contribution in [0.4, 0.5) is 5.69 Å². The maximum atomic E-state index is 12.8. The van der Waals surface area contributed by atoms with Crippen LogP contribution in [0.2, 0.25) is 0 Å². The van der Waals surface area contributed by atoms with Crippen molar-refractivity contribution in [2.75, 3.05) is 25.0 Å². The monoisotopic (exact) mass is 429 g/mol. The molecule has 1 aromatic heterocycles. The molecule has 30 heavy (non-hydrogen) atoms. The van der Waals surface area contributed by atoms with Gasteiger partial charge in [0.15, 0.2) is 0 Å². The number of nitrogens with one attached hydrogen (secondary N) is 3. The lowest BCUT2D eigenvalue weighted by molar-refractivity contribution is 0.0854. The predicted octanol–water partition coefficient (Wildman–Crippen LogP) is 2.89. The molecular weight excluding hydrogens is 406 g/mol. The number of hydrogen-bond acceptors (Lipinski definition) is 5. The second-order valence-electron chi connectivity index (χ2n) is 7.08. The first-order valence-corrected chi connectivity index (χ1v) is 11.1. The van der Waals surface area contributed by atoms with Gasteiger partial charge in [-0.25, -0.2) is 8.42 Å². The molecule has 4 rings (SSSR count). The quantitative estimate of drug-likeness (QED) is 0.535. The third-order valence-electron chi connectivity index (χ3n) is 5.03. The van der Waals surface area contributed by atoms with E-state index in [0.29, 0.717) is 29.2 Å². The van der Waals surface area contributed by atoms with Crippen LogP contribution in [0.25, 0.3) is 10.9 Å². The van der Waals surface area contributed by atoms with E-state index in [2.05, 4.69) is 15.0 Å². The minimum atomic E-state index is -3.80. The van der Waals surface area contributed by atoms with Crippen LogP contribution < -0.4 is 14.8 Å². The smallest absolute Gasteiger partial charge is 0.267 e. The van der Waals surface area contributed by atoms with Crippen molar-refractivity contribution >= 4 is 32.5 Å². The van der Waals surface area contributed by atoms with E-state index in [0.717, 1.165) is 24.8 Å². The van der Waals surface area contributed by atoms with Gasteiger partial charge in [-0.1, -0.05) is 12.1 Å². The molecule has 9 heteroatoms. The minimum Gasteiger partial charge on any atom is -0.497 e. The van der Waals surface area contributed by atoms with E-state index < -0.39 is 10.0 Å². The van der Waals surface area contributed by atoms with Crippen LogP contribution in [0.3, 0.4) is 0 Å². The molecule has 1 unspecified atom stereocenters. The number of carbonyl (C=O) groups is 1. The molecule has 1 saturated heterocycles. The van der Waals surface area contributed by atoms with Crippen molar-refractivity contribution in [2.45, 2.75) is 23.8 Å². The van der Waals surface area contributed by atoms with E-state index in [1.54, 1.807) is 30.3 Å². The van der Waals surface area contributed by atoms with Gasteiger partial charge in [0.05, 0.1) is 29.3 Å². The van der Waals surface area contributed by atoms with Gasteiger partial charge in [0.1, 0.15) is 11.4 Å². The number of aromatic nitrogens is 1. The van der Waals surface area contributed by atoms with Crippen molar-refractivity contribution in [3.63, 3.8) is 0 Å². The standard InChI is InChI=1S/C21H23N3O5S/c1-28-15-7-9-17(10-8-15)30(26,27)24-18-6-2-4-14-12-19(23-20(14)18)21(25)22-13-16-5-3-11-29-16/h2,4,6-10,12,16,23-24H,3,5,11,13H2,1H3,(H,22,25). The summed E-state index contributed by atoms with van der Waals surface area (Å²) in [6.07, 6.45) is 1.99. The number of aromatic amines is 1. The van der Waals surface area contributed by atoms with Gasteiger partial charge in [-0.2, -0.15) is 0 Å². The zero-order chi connectivity index (χ0) is 21.1. The average molecular weight is 429 g/mol. The lowest BCUT2D eigenvalue weighted by Crippen LogP contribution is -2.31. The topological polar surface area (TPSA) is 110 Å². The first-order chi connectivity index (χ1) is 14.5. The molecule has 3 aromatic rings. The van der Waals surface area contributed by atoms with Crippen molar-refractivity contribution in [2.24, 2.45) is 0 Å². The van der Waals surface area contributed by atoms with Crippen LogP contribution in [0.15, 0.2) is 53.4 Å². The summed E-state index contributed by atoms with van der Waals surface area (Å²) in [6, 6.07) is 13.0. The summed E-state index contributed by atoms with van der Waals surface area (Å²) in [5.41, 5.74) is 1.26. The number of carbonyl (C=O) groups excluding carboxylic acids is 1. The highest BCUT2D eigenvalue weighted by Crippen LogP contribution is 2.27. The number of amides is 1. The van der Waals surface area contributed by atoms with Gasteiger partial charge >= 0.3 is 0 Å². The molecule has 0 spiro atoms. The Bertz CT molecular complexity index is 1150. The molecule has 2 aromatic carbocycles. The Kier molecular flexibility index (Phi) is 5.65. The summed E-state index contributed by atoms with van der Waals surface area (Å²) >= 11 is 0. The van der Waals surface area contributed by atoms with Gasteiger partial charge in [0.2, 0.25) is 0 Å². The molecule has 3 N–H and O–H groups in total. The number of anilines is 1. The number of benzene rings is 2. The lowest BCUT2D eigenvalue weighted by atomic mass is 10.2. The molecule has 0 radical (unpaired) electrons. The molecular formula is C21H23N3O5S. The van der Waals surface area contributed by atoms with E-state index in [4.69, 9.17) is 9.47 Å². The summed E-state index contributed by atoms with van der Waals surface area (Å²) in [5.74, 6) is 0.310. The Morgan fingerprint density at radius 2 is 2.03 bits per heavy atom. The molecule has 1 atom stereocenters. The first-order valence-electron chi connectivity index (χ1n) is 9.65. The zero-order valence-corrected chi connectivity index (χ0v) is 17.3. The van der Waals surface area contributed by atoms with Crippen LogP contribution in [0.1, 0.15) is 23.3 Å². The molecule has 0 saturated carbocycles. The van der Waals surface area contributed by atoms with Crippen molar-refractivity contribution in [3.05, 3.63) is 54.2 Å². The SMILES string of the molecule is COc1ccc(S(=O)(=O)Nc2cccc3cc(C(=O)NCC4CCCO4)[nH]c23)cc1.